The van der Waals surface area contributed by atoms with Gasteiger partial charge in [0.2, 0.25) is 0 Å². The molecule has 1 rings (SSSR count). The van der Waals surface area contributed by atoms with Gasteiger partial charge in [0.05, 0.1) is 7.11 Å². The first-order valence-corrected chi connectivity index (χ1v) is 4.71. The largest absolute Gasteiger partial charge is 0.509 e. The Balaban J connectivity index is 2.66. The molecule has 0 aromatic carbocycles. The lowest BCUT2D eigenvalue weighted by molar-refractivity contribution is -0.0498. The highest BCUT2D eigenvalue weighted by molar-refractivity contribution is 5.75. The van der Waals surface area contributed by atoms with Crippen LogP contribution in [0.4, 0.5) is 9.59 Å². The number of amides is 2. The van der Waals surface area contributed by atoms with E-state index in [-0.39, 0.29) is 12.1 Å². The molecule has 1 aliphatic rings. The highest BCUT2D eigenvalue weighted by atomic mass is 16.7. The van der Waals surface area contributed by atoms with E-state index < -0.39 is 12.4 Å². The van der Waals surface area contributed by atoms with Crippen LogP contribution in [-0.2, 0) is 9.47 Å². The Morgan fingerprint density at radius 2 is 2.00 bits per heavy atom. The molecular formula is C9H16N2O4. The van der Waals surface area contributed by atoms with Crippen molar-refractivity contribution in [2.24, 2.45) is 0 Å². The van der Waals surface area contributed by atoms with E-state index in [1.165, 1.54) is 12.0 Å². The predicted molar refractivity (Wildman–Crippen MR) is 52.3 cm³/mol. The van der Waals surface area contributed by atoms with Crippen molar-refractivity contribution in [3.05, 3.63) is 0 Å². The number of hydrogen-bond donors (Lipinski definition) is 0. The van der Waals surface area contributed by atoms with Gasteiger partial charge >= 0.3 is 12.2 Å². The smallest absolute Gasteiger partial charge is 0.438 e. The third-order valence-corrected chi connectivity index (χ3v) is 2.64. The fourth-order valence-electron chi connectivity index (χ4n) is 1.45. The predicted octanol–water partition coefficient (Wildman–Crippen LogP) is 0.871. The van der Waals surface area contributed by atoms with Gasteiger partial charge in [-0.05, 0) is 6.92 Å². The Bertz CT molecular complexity index is 269. The van der Waals surface area contributed by atoms with Crippen LogP contribution in [-0.4, -0.2) is 55.5 Å². The van der Waals surface area contributed by atoms with Gasteiger partial charge in [-0.1, -0.05) is 0 Å². The van der Waals surface area contributed by atoms with Crippen molar-refractivity contribution in [1.29, 1.82) is 0 Å². The SMILES string of the molecule is COC(=O)OC1CC(C)N(C)C(=O)N1C. The van der Waals surface area contributed by atoms with E-state index in [9.17, 15) is 9.59 Å². The first-order valence-electron chi connectivity index (χ1n) is 4.71. The van der Waals surface area contributed by atoms with Crippen molar-refractivity contribution in [2.75, 3.05) is 21.2 Å². The monoisotopic (exact) mass is 216 g/mol. The molecule has 1 aliphatic heterocycles. The van der Waals surface area contributed by atoms with Crippen LogP contribution in [0.2, 0.25) is 0 Å². The number of urea groups is 1. The standard InChI is InChI=1S/C9H16N2O4/c1-6-5-7(15-9(13)14-4)11(3)8(12)10(6)2/h6-7H,5H2,1-4H3. The molecule has 0 radical (unpaired) electrons. The third-order valence-electron chi connectivity index (χ3n) is 2.64. The van der Waals surface area contributed by atoms with Crippen LogP contribution in [0.1, 0.15) is 13.3 Å². The van der Waals surface area contributed by atoms with Gasteiger partial charge in [-0.2, -0.15) is 0 Å². The number of rotatable bonds is 1. The number of carbonyl (C=O) groups excluding carboxylic acids is 2. The van der Waals surface area contributed by atoms with Crippen molar-refractivity contribution in [2.45, 2.75) is 25.6 Å². The molecule has 6 heteroatoms. The first-order chi connectivity index (χ1) is 6.97. The van der Waals surface area contributed by atoms with Gasteiger partial charge < -0.3 is 14.4 Å². The molecule has 0 spiro atoms. The topological polar surface area (TPSA) is 59.1 Å². The molecule has 2 atom stereocenters. The Hall–Kier alpha value is -1.46. The highest BCUT2D eigenvalue weighted by Gasteiger charge is 2.35. The van der Waals surface area contributed by atoms with Gasteiger partial charge in [-0.25, -0.2) is 9.59 Å². The Kier molecular flexibility index (Phi) is 3.39. The molecule has 15 heavy (non-hydrogen) atoms. The van der Waals surface area contributed by atoms with Crippen LogP contribution in [0.15, 0.2) is 0 Å². The van der Waals surface area contributed by atoms with Gasteiger partial charge in [-0.3, -0.25) is 4.90 Å². The molecule has 0 bridgehead atoms. The summed E-state index contributed by atoms with van der Waals surface area (Å²) >= 11 is 0. The summed E-state index contributed by atoms with van der Waals surface area (Å²) < 4.78 is 9.35. The molecular weight excluding hydrogens is 200 g/mol. The maximum Gasteiger partial charge on any atom is 0.509 e. The number of carbonyl (C=O) groups is 2. The van der Waals surface area contributed by atoms with Crippen molar-refractivity contribution in [3.63, 3.8) is 0 Å². The summed E-state index contributed by atoms with van der Waals surface area (Å²) in [6.07, 6.45) is -0.735. The molecule has 6 nitrogen and oxygen atoms in total. The zero-order valence-electron chi connectivity index (χ0n) is 9.39. The molecule has 2 unspecified atom stereocenters. The second-order valence-electron chi connectivity index (χ2n) is 3.62. The second-order valence-corrected chi connectivity index (χ2v) is 3.62. The summed E-state index contributed by atoms with van der Waals surface area (Å²) in [5.74, 6) is 0. The van der Waals surface area contributed by atoms with Crippen LogP contribution >= 0.6 is 0 Å². The van der Waals surface area contributed by atoms with Gasteiger partial charge in [-0.15, -0.1) is 0 Å². The zero-order chi connectivity index (χ0) is 11.6. The van der Waals surface area contributed by atoms with E-state index in [0.717, 1.165) is 0 Å². The number of hydrogen-bond acceptors (Lipinski definition) is 4. The number of methoxy groups -OCH3 is 1. The minimum absolute atomic E-state index is 0.0448. The van der Waals surface area contributed by atoms with E-state index in [2.05, 4.69) is 4.74 Å². The quantitative estimate of drug-likeness (QED) is 0.610. The normalized spacial score (nSPS) is 26.5. The molecule has 0 N–H and O–H groups in total. The minimum Gasteiger partial charge on any atom is -0.438 e. The molecule has 0 aliphatic carbocycles. The average Bonchev–Trinajstić information content (AvgIpc) is 2.22. The molecule has 0 saturated carbocycles. The van der Waals surface area contributed by atoms with Crippen molar-refractivity contribution < 1.29 is 19.1 Å². The summed E-state index contributed by atoms with van der Waals surface area (Å²) in [5, 5.41) is 0. The lowest BCUT2D eigenvalue weighted by atomic mass is 10.1. The fraction of sp³-hybridized carbons (Fsp3) is 0.778. The average molecular weight is 216 g/mol. The minimum atomic E-state index is -0.767. The summed E-state index contributed by atoms with van der Waals surface area (Å²) in [6, 6.07) is -0.119. The lowest BCUT2D eigenvalue weighted by Gasteiger charge is -2.40. The molecule has 1 fully saturated rings. The summed E-state index contributed by atoms with van der Waals surface area (Å²) in [6.45, 7) is 1.90. The van der Waals surface area contributed by atoms with Crippen LogP contribution in [0.3, 0.4) is 0 Å². The maximum absolute atomic E-state index is 11.6. The van der Waals surface area contributed by atoms with Crippen molar-refractivity contribution in [3.8, 4) is 0 Å². The van der Waals surface area contributed by atoms with E-state index in [1.54, 1.807) is 19.0 Å². The highest BCUT2D eigenvalue weighted by Crippen LogP contribution is 2.19. The molecule has 0 aromatic heterocycles. The molecule has 86 valence electrons. The Morgan fingerprint density at radius 1 is 1.40 bits per heavy atom. The fourth-order valence-corrected chi connectivity index (χ4v) is 1.45. The van der Waals surface area contributed by atoms with Crippen molar-refractivity contribution >= 4 is 12.2 Å². The van der Waals surface area contributed by atoms with Crippen LogP contribution in [0.5, 0.6) is 0 Å². The van der Waals surface area contributed by atoms with Gasteiger partial charge in [0.25, 0.3) is 0 Å². The lowest BCUT2D eigenvalue weighted by Crippen LogP contribution is -2.56. The zero-order valence-corrected chi connectivity index (χ0v) is 9.39. The van der Waals surface area contributed by atoms with Crippen molar-refractivity contribution in [1.82, 2.24) is 9.80 Å². The second kappa shape index (κ2) is 4.37. The van der Waals surface area contributed by atoms with E-state index in [4.69, 9.17) is 4.74 Å². The molecule has 0 aromatic rings. The third kappa shape index (κ3) is 2.31. The van der Waals surface area contributed by atoms with E-state index in [1.807, 2.05) is 6.92 Å². The van der Waals surface area contributed by atoms with Crippen LogP contribution < -0.4 is 0 Å². The van der Waals surface area contributed by atoms with Gasteiger partial charge in [0, 0.05) is 26.6 Å². The van der Waals surface area contributed by atoms with E-state index >= 15 is 0 Å². The summed E-state index contributed by atoms with van der Waals surface area (Å²) in [7, 11) is 4.55. The summed E-state index contributed by atoms with van der Waals surface area (Å²) in [5.41, 5.74) is 0. The van der Waals surface area contributed by atoms with Crippen LogP contribution in [0, 0.1) is 0 Å². The van der Waals surface area contributed by atoms with Crippen LogP contribution in [0.25, 0.3) is 0 Å². The molecule has 2 amide bonds. The maximum atomic E-state index is 11.6. The van der Waals surface area contributed by atoms with Gasteiger partial charge in [0.1, 0.15) is 0 Å². The van der Waals surface area contributed by atoms with E-state index in [0.29, 0.717) is 6.42 Å². The molecule has 1 heterocycles. The number of ether oxygens (including phenoxy) is 2. The Morgan fingerprint density at radius 3 is 2.53 bits per heavy atom. The number of nitrogens with zero attached hydrogens (tertiary/aromatic N) is 2. The molecule has 1 saturated heterocycles. The van der Waals surface area contributed by atoms with Gasteiger partial charge in [0.15, 0.2) is 6.23 Å². The Labute approximate surface area is 88.7 Å². The summed E-state index contributed by atoms with van der Waals surface area (Å²) in [4.78, 5) is 25.6. The first kappa shape index (κ1) is 11.6.